The van der Waals surface area contributed by atoms with Crippen LogP contribution in [-0.2, 0) is 13.0 Å². The second-order valence-corrected chi connectivity index (χ2v) is 6.03. The number of fused-ring (bicyclic) bond motifs is 1. The Hall–Kier alpha value is -2.53. The van der Waals surface area contributed by atoms with Gasteiger partial charge in [-0.3, -0.25) is 9.69 Å². The SMILES string of the molecule is COc1cc2c(cc1OC)CN(CCNC(=O)c1[c]cccc1)CC2. The Bertz CT molecular complexity index is 731. The van der Waals surface area contributed by atoms with Crippen LogP contribution in [0.2, 0.25) is 0 Å². The van der Waals surface area contributed by atoms with Crippen molar-refractivity contribution in [3.8, 4) is 11.5 Å². The lowest BCUT2D eigenvalue weighted by molar-refractivity contribution is 0.0947. The summed E-state index contributed by atoms with van der Waals surface area (Å²) in [6.45, 7) is 3.25. The molecule has 5 nitrogen and oxygen atoms in total. The van der Waals surface area contributed by atoms with Crippen LogP contribution in [-0.4, -0.2) is 44.7 Å². The van der Waals surface area contributed by atoms with Gasteiger partial charge in [-0.05, 0) is 41.8 Å². The minimum absolute atomic E-state index is 0.0792. The first-order valence-corrected chi connectivity index (χ1v) is 8.42. The molecule has 1 aliphatic rings. The molecule has 2 aromatic rings. The van der Waals surface area contributed by atoms with Crippen molar-refractivity contribution < 1.29 is 14.3 Å². The predicted octanol–water partition coefficient (Wildman–Crippen LogP) is 2.29. The van der Waals surface area contributed by atoms with Gasteiger partial charge < -0.3 is 14.8 Å². The van der Waals surface area contributed by atoms with E-state index in [1.54, 1.807) is 26.4 Å². The van der Waals surface area contributed by atoms with Crippen molar-refractivity contribution in [2.75, 3.05) is 33.9 Å². The van der Waals surface area contributed by atoms with E-state index >= 15 is 0 Å². The molecule has 0 atom stereocenters. The number of benzene rings is 2. The van der Waals surface area contributed by atoms with E-state index in [0.29, 0.717) is 12.1 Å². The van der Waals surface area contributed by atoms with E-state index < -0.39 is 0 Å². The maximum Gasteiger partial charge on any atom is 0.251 e. The largest absolute Gasteiger partial charge is 0.493 e. The summed E-state index contributed by atoms with van der Waals surface area (Å²) in [4.78, 5) is 14.4. The minimum Gasteiger partial charge on any atom is -0.493 e. The molecule has 0 saturated heterocycles. The van der Waals surface area contributed by atoms with Crippen molar-refractivity contribution >= 4 is 5.91 Å². The normalized spacial score (nSPS) is 13.8. The molecule has 0 bridgehead atoms. The molecule has 0 aromatic heterocycles. The lowest BCUT2D eigenvalue weighted by Crippen LogP contribution is -2.37. The maximum absolute atomic E-state index is 12.0. The Balaban J connectivity index is 1.55. The average Bonchev–Trinajstić information content (AvgIpc) is 2.67. The molecule has 1 radical (unpaired) electrons. The van der Waals surface area contributed by atoms with Crippen LogP contribution in [0.25, 0.3) is 0 Å². The highest BCUT2D eigenvalue weighted by atomic mass is 16.5. The van der Waals surface area contributed by atoms with E-state index in [2.05, 4.69) is 28.4 Å². The number of carbonyl (C=O) groups excluding carboxylic acids is 1. The number of nitrogens with one attached hydrogen (secondary N) is 1. The Labute approximate surface area is 148 Å². The predicted molar refractivity (Wildman–Crippen MR) is 96.1 cm³/mol. The third kappa shape index (κ3) is 4.12. The summed E-state index contributed by atoms with van der Waals surface area (Å²) in [5, 5.41) is 2.95. The highest BCUT2D eigenvalue weighted by Gasteiger charge is 2.19. The topological polar surface area (TPSA) is 50.8 Å². The van der Waals surface area contributed by atoms with Crippen molar-refractivity contribution in [3.63, 3.8) is 0 Å². The van der Waals surface area contributed by atoms with Crippen LogP contribution >= 0.6 is 0 Å². The summed E-state index contributed by atoms with van der Waals surface area (Å²) >= 11 is 0. The Morgan fingerprint density at radius 2 is 1.96 bits per heavy atom. The fourth-order valence-electron chi connectivity index (χ4n) is 3.09. The van der Waals surface area contributed by atoms with Gasteiger partial charge in [-0.2, -0.15) is 0 Å². The molecule has 1 aliphatic heterocycles. The first kappa shape index (κ1) is 17.3. The fourth-order valence-corrected chi connectivity index (χ4v) is 3.09. The standard InChI is InChI=1S/C20H23N2O3/c1-24-18-12-16-8-10-22(14-17(16)13-19(18)25-2)11-9-21-20(23)15-6-4-3-5-7-15/h3-6,12-13H,8-11,14H2,1-2H3,(H,21,23). The number of hydrogen-bond donors (Lipinski definition) is 1. The second-order valence-electron chi connectivity index (χ2n) is 6.03. The van der Waals surface area contributed by atoms with E-state index in [-0.39, 0.29) is 5.91 Å². The molecule has 25 heavy (non-hydrogen) atoms. The Morgan fingerprint density at radius 1 is 1.20 bits per heavy atom. The van der Waals surface area contributed by atoms with Crippen molar-refractivity contribution in [2.45, 2.75) is 13.0 Å². The zero-order valence-electron chi connectivity index (χ0n) is 14.7. The van der Waals surface area contributed by atoms with Crippen LogP contribution in [0, 0.1) is 6.07 Å². The van der Waals surface area contributed by atoms with Gasteiger partial charge in [0.05, 0.1) is 14.2 Å². The van der Waals surface area contributed by atoms with Gasteiger partial charge in [0.1, 0.15) is 0 Å². The molecular formula is C20H23N2O3. The summed E-state index contributed by atoms with van der Waals surface area (Å²) < 4.78 is 10.8. The Morgan fingerprint density at radius 3 is 2.64 bits per heavy atom. The summed E-state index contributed by atoms with van der Waals surface area (Å²) in [6, 6.07) is 14.3. The molecule has 131 valence electrons. The second kappa shape index (κ2) is 8.03. The van der Waals surface area contributed by atoms with Crippen LogP contribution in [0.4, 0.5) is 0 Å². The molecule has 3 rings (SSSR count). The van der Waals surface area contributed by atoms with Crippen molar-refractivity contribution in [2.24, 2.45) is 0 Å². The van der Waals surface area contributed by atoms with Crippen LogP contribution in [0.3, 0.4) is 0 Å². The molecule has 1 heterocycles. The monoisotopic (exact) mass is 339 g/mol. The number of rotatable bonds is 6. The van der Waals surface area contributed by atoms with E-state index in [1.165, 1.54) is 11.1 Å². The van der Waals surface area contributed by atoms with Gasteiger partial charge >= 0.3 is 0 Å². The lowest BCUT2D eigenvalue weighted by atomic mass is 9.99. The number of nitrogens with zero attached hydrogens (tertiary/aromatic N) is 1. The molecule has 0 saturated carbocycles. The van der Waals surface area contributed by atoms with Crippen LogP contribution in [0.5, 0.6) is 11.5 Å². The van der Waals surface area contributed by atoms with E-state index in [0.717, 1.165) is 37.6 Å². The molecule has 1 N–H and O–H groups in total. The maximum atomic E-state index is 12.0. The van der Waals surface area contributed by atoms with Crippen molar-refractivity contribution in [3.05, 3.63) is 59.2 Å². The molecular weight excluding hydrogens is 316 g/mol. The highest BCUT2D eigenvalue weighted by Crippen LogP contribution is 2.33. The fraction of sp³-hybridized carbons (Fsp3) is 0.350. The zero-order valence-corrected chi connectivity index (χ0v) is 14.7. The summed E-state index contributed by atoms with van der Waals surface area (Å²) in [5.74, 6) is 1.46. The smallest absolute Gasteiger partial charge is 0.251 e. The van der Waals surface area contributed by atoms with Gasteiger partial charge in [-0.25, -0.2) is 0 Å². The van der Waals surface area contributed by atoms with Crippen molar-refractivity contribution in [1.82, 2.24) is 10.2 Å². The summed E-state index contributed by atoms with van der Waals surface area (Å²) in [7, 11) is 3.31. The van der Waals surface area contributed by atoms with Crippen LogP contribution in [0.15, 0.2) is 36.4 Å². The number of methoxy groups -OCH3 is 2. The lowest BCUT2D eigenvalue weighted by Gasteiger charge is -2.29. The molecule has 0 spiro atoms. The molecule has 0 fully saturated rings. The molecule has 1 amide bonds. The van der Waals surface area contributed by atoms with Crippen molar-refractivity contribution in [1.29, 1.82) is 0 Å². The van der Waals surface area contributed by atoms with Gasteiger partial charge in [0.25, 0.3) is 5.91 Å². The quantitative estimate of drug-likeness (QED) is 0.877. The van der Waals surface area contributed by atoms with Crippen LogP contribution in [0.1, 0.15) is 21.5 Å². The number of amides is 1. The van der Waals surface area contributed by atoms with Gasteiger partial charge in [0.2, 0.25) is 0 Å². The average molecular weight is 339 g/mol. The summed E-state index contributed by atoms with van der Waals surface area (Å²) in [6.07, 6.45) is 0.968. The first-order chi connectivity index (χ1) is 12.2. The highest BCUT2D eigenvalue weighted by molar-refractivity contribution is 5.93. The molecule has 2 aromatic carbocycles. The van der Waals surface area contributed by atoms with Gasteiger partial charge in [0.15, 0.2) is 11.5 Å². The van der Waals surface area contributed by atoms with Gasteiger partial charge in [0, 0.05) is 31.7 Å². The third-order valence-electron chi connectivity index (χ3n) is 4.46. The van der Waals surface area contributed by atoms with Gasteiger partial charge in [-0.1, -0.05) is 18.2 Å². The van der Waals surface area contributed by atoms with Crippen LogP contribution < -0.4 is 14.8 Å². The van der Waals surface area contributed by atoms with E-state index in [9.17, 15) is 4.79 Å². The first-order valence-electron chi connectivity index (χ1n) is 8.42. The summed E-state index contributed by atoms with van der Waals surface area (Å²) in [5.41, 5.74) is 3.13. The molecule has 5 heteroatoms. The third-order valence-corrected chi connectivity index (χ3v) is 4.46. The molecule has 0 unspecified atom stereocenters. The number of carbonyl (C=O) groups is 1. The number of ether oxygens (including phenoxy) is 2. The van der Waals surface area contributed by atoms with Gasteiger partial charge in [-0.15, -0.1) is 0 Å². The molecule has 0 aliphatic carbocycles. The minimum atomic E-state index is -0.0792. The Kier molecular flexibility index (Phi) is 5.56. The number of hydrogen-bond acceptors (Lipinski definition) is 4. The zero-order chi connectivity index (χ0) is 17.6. The van der Waals surface area contributed by atoms with E-state index in [1.807, 2.05) is 12.1 Å². The van der Waals surface area contributed by atoms with E-state index in [4.69, 9.17) is 9.47 Å².